The molecule has 0 fully saturated rings. The van der Waals surface area contributed by atoms with Crippen molar-refractivity contribution < 1.29 is 8.78 Å². The largest absolute Gasteiger partial charge is 0.378 e. The van der Waals surface area contributed by atoms with E-state index in [1.54, 1.807) is 23.5 Å². The smallest absolute Gasteiger partial charge is 0.288 e. The molecule has 0 aliphatic heterocycles. The fourth-order valence-corrected chi connectivity index (χ4v) is 3.89. The zero-order chi connectivity index (χ0) is 13.8. The van der Waals surface area contributed by atoms with Crippen molar-refractivity contribution in [1.82, 2.24) is 0 Å². The van der Waals surface area contributed by atoms with Gasteiger partial charge in [0.2, 0.25) is 0 Å². The van der Waals surface area contributed by atoms with Gasteiger partial charge in [-0.1, -0.05) is 11.8 Å². The summed E-state index contributed by atoms with van der Waals surface area (Å²) in [5.41, 5.74) is 0.923. The number of thioether (sulfide) groups is 1. The maximum Gasteiger partial charge on any atom is 0.288 e. The minimum Gasteiger partial charge on any atom is -0.378 e. The Bertz CT molecular complexity index is 528. The van der Waals surface area contributed by atoms with Crippen molar-refractivity contribution >= 4 is 44.7 Å². The van der Waals surface area contributed by atoms with Gasteiger partial charge in [0.1, 0.15) is 0 Å². The van der Waals surface area contributed by atoms with Crippen LogP contribution < -0.4 is 5.32 Å². The first-order chi connectivity index (χ1) is 9.06. The molecule has 2 aromatic rings. The van der Waals surface area contributed by atoms with Crippen LogP contribution in [0.4, 0.5) is 14.5 Å². The molecular formula is C13H12BrF2NS2. The Morgan fingerprint density at radius 2 is 1.89 bits per heavy atom. The van der Waals surface area contributed by atoms with Crippen molar-refractivity contribution in [3.63, 3.8) is 0 Å². The van der Waals surface area contributed by atoms with Crippen LogP contribution in [0, 0.1) is 0 Å². The van der Waals surface area contributed by atoms with E-state index in [-0.39, 0.29) is 6.04 Å². The number of thiophene rings is 1. The van der Waals surface area contributed by atoms with Crippen molar-refractivity contribution in [1.29, 1.82) is 0 Å². The van der Waals surface area contributed by atoms with E-state index >= 15 is 0 Å². The van der Waals surface area contributed by atoms with E-state index in [1.807, 2.05) is 23.6 Å². The molecule has 6 heteroatoms. The first-order valence-corrected chi connectivity index (χ1v) is 8.16. The monoisotopic (exact) mass is 363 g/mol. The van der Waals surface area contributed by atoms with Crippen LogP contribution in [0.15, 0.2) is 45.1 Å². The molecule has 1 aromatic carbocycles. The molecule has 1 nitrogen and oxygen atoms in total. The number of benzene rings is 1. The molecule has 0 saturated heterocycles. The van der Waals surface area contributed by atoms with Crippen LogP contribution in [-0.2, 0) is 0 Å². The minimum atomic E-state index is -2.38. The lowest BCUT2D eigenvalue weighted by molar-refractivity contribution is 0.252. The van der Waals surface area contributed by atoms with Crippen molar-refractivity contribution in [2.45, 2.75) is 23.6 Å². The summed E-state index contributed by atoms with van der Waals surface area (Å²) < 4.78 is 25.5. The lowest BCUT2D eigenvalue weighted by Crippen LogP contribution is -2.05. The summed E-state index contributed by atoms with van der Waals surface area (Å²) in [6.07, 6.45) is 0. The molecule has 0 saturated carbocycles. The number of nitrogens with one attached hydrogen (secondary N) is 1. The van der Waals surface area contributed by atoms with Gasteiger partial charge in [0, 0.05) is 19.9 Å². The second kappa shape index (κ2) is 6.72. The molecule has 0 amide bonds. The van der Waals surface area contributed by atoms with Crippen molar-refractivity contribution in [3.8, 4) is 0 Å². The second-order valence-corrected chi connectivity index (χ2v) is 6.77. The Labute approximate surface area is 127 Å². The fourth-order valence-electron chi connectivity index (χ4n) is 1.66. The van der Waals surface area contributed by atoms with Crippen LogP contribution in [0.3, 0.4) is 0 Å². The number of rotatable bonds is 5. The summed E-state index contributed by atoms with van der Waals surface area (Å²) in [4.78, 5) is 1.79. The molecule has 0 aliphatic rings. The van der Waals surface area contributed by atoms with Gasteiger partial charge >= 0.3 is 0 Å². The van der Waals surface area contributed by atoms with Gasteiger partial charge in [-0.05, 0) is 58.6 Å². The van der Waals surface area contributed by atoms with E-state index < -0.39 is 5.76 Å². The molecular weight excluding hydrogens is 352 g/mol. The van der Waals surface area contributed by atoms with Crippen molar-refractivity contribution in [3.05, 3.63) is 45.1 Å². The van der Waals surface area contributed by atoms with Crippen LogP contribution in [0.2, 0.25) is 0 Å². The van der Waals surface area contributed by atoms with E-state index in [0.717, 1.165) is 10.2 Å². The molecule has 1 aromatic heterocycles. The number of halogens is 3. The van der Waals surface area contributed by atoms with E-state index in [9.17, 15) is 8.78 Å². The summed E-state index contributed by atoms with van der Waals surface area (Å²) >= 11 is 5.74. The summed E-state index contributed by atoms with van der Waals surface area (Å²) in [6, 6.07) is 9.24. The van der Waals surface area contributed by atoms with Gasteiger partial charge in [-0.2, -0.15) is 8.78 Å². The molecule has 1 N–H and O–H groups in total. The SMILES string of the molecule is CC(Nc1ccc(SC(F)F)cc1)c1sccc1Br. The van der Waals surface area contributed by atoms with Crippen molar-refractivity contribution in [2.24, 2.45) is 0 Å². The predicted octanol–water partition coefficient (Wildman–Crippen LogP) is 6.00. The summed E-state index contributed by atoms with van der Waals surface area (Å²) in [5.74, 6) is -2.38. The van der Waals surface area contributed by atoms with Crippen LogP contribution in [-0.4, -0.2) is 5.76 Å². The highest BCUT2D eigenvalue weighted by Crippen LogP contribution is 2.32. The van der Waals surface area contributed by atoms with Gasteiger partial charge in [-0.25, -0.2) is 0 Å². The van der Waals surface area contributed by atoms with Crippen molar-refractivity contribution in [2.75, 3.05) is 5.32 Å². The average molecular weight is 364 g/mol. The van der Waals surface area contributed by atoms with E-state index in [2.05, 4.69) is 28.2 Å². The highest BCUT2D eigenvalue weighted by molar-refractivity contribution is 9.10. The first-order valence-electron chi connectivity index (χ1n) is 5.60. The fraction of sp³-hybridized carbons (Fsp3) is 0.231. The lowest BCUT2D eigenvalue weighted by Gasteiger charge is -2.14. The zero-order valence-corrected chi connectivity index (χ0v) is 13.3. The minimum absolute atomic E-state index is 0.169. The summed E-state index contributed by atoms with van der Waals surface area (Å²) in [5, 5.41) is 5.38. The third-order valence-electron chi connectivity index (χ3n) is 2.50. The molecule has 1 atom stereocenters. The van der Waals surface area contributed by atoms with E-state index in [0.29, 0.717) is 16.7 Å². The summed E-state index contributed by atoms with van der Waals surface area (Å²) in [7, 11) is 0. The maximum atomic E-state index is 12.2. The van der Waals surface area contributed by atoms with Crippen LogP contribution in [0.25, 0.3) is 0 Å². The van der Waals surface area contributed by atoms with Gasteiger partial charge in [-0.3, -0.25) is 0 Å². The molecule has 1 unspecified atom stereocenters. The van der Waals surface area contributed by atoms with Gasteiger partial charge in [-0.15, -0.1) is 11.3 Å². The third kappa shape index (κ3) is 4.19. The lowest BCUT2D eigenvalue weighted by atomic mass is 10.2. The molecule has 0 spiro atoms. The standard InChI is InChI=1S/C13H12BrF2NS2/c1-8(12-11(14)6-7-18-12)17-9-2-4-10(5-3-9)19-13(15)16/h2-8,13,17H,1H3. The number of anilines is 1. The molecule has 0 aliphatic carbocycles. The normalized spacial score (nSPS) is 12.7. The Morgan fingerprint density at radius 1 is 1.21 bits per heavy atom. The van der Waals surface area contributed by atoms with Crippen LogP contribution in [0.1, 0.15) is 17.8 Å². The highest BCUT2D eigenvalue weighted by Gasteiger charge is 2.11. The summed E-state index contributed by atoms with van der Waals surface area (Å²) in [6.45, 7) is 2.07. The first kappa shape index (κ1) is 14.8. The van der Waals surface area contributed by atoms with E-state index in [4.69, 9.17) is 0 Å². The molecule has 19 heavy (non-hydrogen) atoms. The Morgan fingerprint density at radius 3 is 2.42 bits per heavy atom. The molecule has 0 bridgehead atoms. The molecule has 0 radical (unpaired) electrons. The number of hydrogen-bond acceptors (Lipinski definition) is 3. The van der Waals surface area contributed by atoms with E-state index in [1.165, 1.54) is 4.88 Å². The predicted molar refractivity (Wildman–Crippen MR) is 82.4 cm³/mol. The van der Waals surface area contributed by atoms with Gasteiger partial charge in [0.05, 0.1) is 6.04 Å². The molecule has 1 heterocycles. The maximum absolute atomic E-state index is 12.2. The molecule has 2 rings (SSSR count). The van der Waals surface area contributed by atoms with Gasteiger partial charge < -0.3 is 5.32 Å². The average Bonchev–Trinajstić information content (AvgIpc) is 2.77. The number of alkyl halides is 2. The van der Waals surface area contributed by atoms with Gasteiger partial charge in [0.15, 0.2) is 0 Å². The second-order valence-electron chi connectivity index (χ2n) is 3.90. The quantitative estimate of drug-likeness (QED) is 0.653. The Kier molecular flexibility index (Phi) is 5.24. The zero-order valence-electron chi connectivity index (χ0n) is 10.1. The van der Waals surface area contributed by atoms with Crippen LogP contribution >= 0.6 is 39.0 Å². The third-order valence-corrected chi connectivity index (χ3v) is 5.28. The highest BCUT2D eigenvalue weighted by atomic mass is 79.9. The Balaban J connectivity index is 2.01. The Hall–Kier alpha value is -0.590. The van der Waals surface area contributed by atoms with Crippen LogP contribution in [0.5, 0.6) is 0 Å². The molecule has 102 valence electrons. The topological polar surface area (TPSA) is 12.0 Å². The van der Waals surface area contributed by atoms with Gasteiger partial charge in [0.25, 0.3) is 5.76 Å². The number of hydrogen-bond donors (Lipinski definition) is 1.